The molecule has 2 amide bonds. The van der Waals surface area contributed by atoms with E-state index in [1.54, 1.807) is 37.2 Å². The Morgan fingerprint density at radius 1 is 0.806 bits per heavy atom. The molecule has 3 heterocycles. The van der Waals surface area contributed by atoms with Crippen molar-refractivity contribution in [3.05, 3.63) is 82.6 Å². The first-order valence-electron chi connectivity index (χ1n) is 23.4. The molecule has 0 radical (unpaired) electrons. The molecule has 0 aromatic heterocycles. The van der Waals surface area contributed by atoms with Crippen molar-refractivity contribution in [2.24, 2.45) is 0 Å². The fraction of sp³-hybridized carbons (Fsp3) is 0.542. The molecule has 1 unspecified atom stereocenters. The third-order valence-corrected chi connectivity index (χ3v) is 14.4. The molecule has 1 fully saturated rings. The molecular formula is C48H63N3O18S3-2. The van der Waals surface area contributed by atoms with Gasteiger partial charge in [0.15, 0.2) is 6.54 Å². The van der Waals surface area contributed by atoms with Gasteiger partial charge in [-0.1, -0.05) is 26.8 Å². The standard InChI is InChI=1S/C48H65N3O18S3/c1-47(2,3)39-33-36(68-42-32-35(13-15-38(39)42)49(20-8-30-70(55,56)57)22-23-65-26-27-67-29-28-66-25-24-64-5)10-6-11-43-48(4,19-7-12-46(54)69-51-44(52)17-18-45(51)53)40-34-37(72(61,62)63)14-16-41(40)50(43)21-9-31-71(58,59)60/h6,10-11,13-16,32-34H,7-9,12,17-31H2,1-5H3,(H2-,55,56,57,58,59,60,61,62,63)/p-2. The Bertz CT molecular complexity index is 2840. The Morgan fingerprint density at radius 3 is 2.04 bits per heavy atom. The highest BCUT2D eigenvalue weighted by molar-refractivity contribution is 7.86. The van der Waals surface area contributed by atoms with Crippen LogP contribution in [0.2, 0.25) is 0 Å². The average Bonchev–Trinajstić information content (AvgIpc) is 3.72. The van der Waals surface area contributed by atoms with Crippen LogP contribution in [0.3, 0.4) is 0 Å². The Hall–Kier alpha value is -4.89. The zero-order valence-corrected chi connectivity index (χ0v) is 43.6. The molecule has 1 aromatic carbocycles. The predicted molar refractivity (Wildman–Crippen MR) is 259 cm³/mol. The number of methoxy groups -OCH3 is 1. The number of benzene rings is 2. The molecule has 1 atom stereocenters. The molecule has 1 aromatic rings. The Labute approximate surface area is 420 Å². The van der Waals surface area contributed by atoms with Crippen molar-refractivity contribution in [1.82, 2.24) is 9.64 Å². The van der Waals surface area contributed by atoms with Crippen LogP contribution in [0.5, 0.6) is 0 Å². The minimum atomic E-state index is -4.96. The van der Waals surface area contributed by atoms with Crippen molar-refractivity contribution in [3.63, 3.8) is 0 Å². The van der Waals surface area contributed by atoms with Gasteiger partial charge < -0.3 is 46.8 Å². The van der Waals surface area contributed by atoms with Gasteiger partial charge >= 0.3 is 5.97 Å². The van der Waals surface area contributed by atoms with Gasteiger partial charge in [-0.25, -0.2) is 34.6 Å². The molecule has 0 saturated carbocycles. The van der Waals surface area contributed by atoms with E-state index in [-0.39, 0.29) is 64.6 Å². The van der Waals surface area contributed by atoms with Crippen molar-refractivity contribution < 1.29 is 81.5 Å². The van der Waals surface area contributed by atoms with Gasteiger partial charge in [-0.2, -0.15) is 0 Å². The van der Waals surface area contributed by atoms with Crippen LogP contribution >= 0.6 is 0 Å². The molecule has 1 saturated heterocycles. The van der Waals surface area contributed by atoms with Gasteiger partial charge in [0.2, 0.25) is 5.36 Å². The molecule has 0 N–H and O–H groups in total. The van der Waals surface area contributed by atoms with Gasteiger partial charge in [0.1, 0.15) is 34.8 Å². The van der Waals surface area contributed by atoms with Crippen molar-refractivity contribution in [3.8, 4) is 11.3 Å². The number of hydrogen-bond acceptors (Lipinski definition) is 19. The van der Waals surface area contributed by atoms with E-state index in [4.69, 9.17) is 28.2 Å². The topological polar surface area (TPSA) is 292 Å². The number of hydrogen-bond donors (Lipinski definition) is 0. The number of amides is 2. The van der Waals surface area contributed by atoms with E-state index in [0.29, 0.717) is 85.1 Å². The van der Waals surface area contributed by atoms with Gasteiger partial charge in [-0.15, -0.1) is 5.06 Å². The zero-order valence-electron chi connectivity index (χ0n) is 41.1. The highest BCUT2D eigenvalue weighted by Crippen LogP contribution is 2.51. The van der Waals surface area contributed by atoms with Crippen LogP contribution in [0.25, 0.3) is 17.4 Å². The summed E-state index contributed by atoms with van der Waals surface area (Å²) in [6.45, 7) is 11.0. The largest absolute Gasteiger partial charge is 0.748 e. The minimum Gasteiger partial charge on any atom is -0.748 e. The number of carbonyl (C=O) groups is 3. The molecule has 0 bridgehead atoms. The number of rotatable bonds is 28. The third kappa shape index (κ3) is 16.8. The summed E-state index contributed by atoms with van der Waals surface area (Å²) in [6.07, 6.45) is 4.74. The van der Waals surface area contributed by atoms with E-state index in [2.05, 4.69) is 0 Å². The zero-order chi connectivity index (χ0) is 52.9. The first-order valence-corrected chi connectivity index (χ1v) is 28.0. The van der Waals surface area contributed by atoms with Crippen LogP contribution in [0, 0.1) is 0 Å². The average molecular weight is 1070 g/mol. The van der Waals surface area contributed by atoms with Gasteiger partial charge in [-0.05, 0) is 85.2 Å². The van der Waals surface area contributed by atoms with Crippen LogP contribution in [-0.2, 0) is 79.4 Å². The van der Waals surface area contributed by atoms with Crippen molar-refractivity contribution >= 4 is 59.9 Å². The normalized spacial score (nSPS) is 17.8. The summed E-state index contributed by atoms with van der Waals surface area (Å²) in [7, 11) is -12.5. The summed E-state index contributed by atoms with van der Waals surface area (Å²) in [5.41, 5.74) is 1.43. The molecule has 3 aliphatic heterocycles. The summed E-state index contributed by atoms with van der Waals surface area (Å²) >= 11 is 0. The number of allylic oxidation sites excluding steroid dienone is 3. The quantitative estimate of drug-likeness (QED) is 0.0436. The molecule has 4 aliphatic rings. The van der Waals surface area contributed by atoms with Crippen molar-refractivity contribution in [2.45, 2.75) is 88.4 Å². The Morgan fingerprint density at radius 2 is 1.43 bits per heavy atom. The summed E-state index contributed by atoms with van der Waals surface area (Å²) in [5.74, 6) is -2.56. The number of hydroxylamine groups is 2. The van der Waals surface area contributed by atoms with E-state index in [1.807, 2.05) is 49.6 Å². The molecule has 1 aliphatic carbocycles. The Kier molecular flexibility index (Phi) is 20.4. The van der Waals surface area contributed by atoms with Crippen LogP contribution < -0.4 is 14.8 Å². The summed E-state index contributed by atoms with van der Waals surface area (Å²) < 4.78 is 137. The molecule has 21 nitrogen and oxygen atoms in total. The molecular weight excluding hydrogens is 1000 g/mol. The lowest BCUT2D eigenvalue weighted by molar-refractivity contribution is -0.197. The fourth-order valence-corrected chi connectivity index (χ4v) is 9.93. The van der Waals surface area contributed by atoms with Crippen molar-refractivity contribution in [2.75, 3.05) is 89.4 Å². The SMILES string of the molecule is COCCOCCOCCOCC[N+](CCCS(=O)(=O)[O-])=c1ccc2c(C(C)(C)C)cc(/C=C/C=C3/N(CCCS(=O)(=O)[O-])c4ccc(S(=O)(=O)[O-])cc4C3(C)CCCC(=O)ON3C(=O)CCC3=O)oc-2c1. The lowest BCUT2D eigenvalue weighted by Crippen LogP contribution is -2.35. The van der Waals surface area contributed by atoms with E-state index in [0.717, 1.165) is 17.2 Å². The summed E-state index contributed by atoms with van der Waals surface area (Å²) in [5, 5.41) is 1.11. The number of imide groups is 1. The monoisotopic (exact) mass is 1070 g/mol. The van der Waals surface area contributed by atoms with E-state index >= 15 is 0 Å². The summed E-state index contributed by atoms with van der Waals surface area (Å²) in [6, 6.07) is 11.3. The maximum Gasteiger partial charge on any atom is 0.333 e. The smallest absolute Gasteiger partial charge is 0.333 e. The molecule has 398 valence electrons. The second kappa shape index (κ2) is 25.4. The van der Waals surface area contributed by atoms with Crippen LogP contribution in [-0.4, -0.2) is 146 Å². The predicted octanol–water partition coefficient (Wildman–Crippen LogP) is 3.38. The lowest BCUT2D eigenvalue weighted by atomic mass is 9.77. The number of anilines is 1. The number of carbonyl (C=O) groups excluding carboxylic acids is 3. The van der Waals surface area contributed by atoms with Crippen LogP contribution in [0.1, 0.15) is 89.5 Å². The molecule has 24 heteroatoms. The Balaban J connectivity index is 1.51. The second-order valence-electron chi connectivity index (χ2n) is 18.5. The van der Waals surface area contributed by atoms with Gasteiger partial charge in [0, 0.05) is 79.3 Å². The highest BCUT2D eigenvalue weighted by atomic mass is 32.2. The molecule has 5 rings (SSSR count). The molecule has 0 spiro atoms. The number of nitrogens with zero attached hydrogens (tertiary/aromatic N) is 3. The minimum absolute atomic E-state index is 0.0209. The van der Waals surface area contributed by atoms with Crippen molar-refractivity contribution in [1.29, 1.82) is 0 Å². The number of ether oxygens (including phenoxy) is 4. The van der Waals surface area contributed by atoms with E-state index < -0.39 is 75.4 Å². The first-order chi connectivity index (χ1) is 33.8. The fourth-order valence-electron chi connectivity index (χ4n) is 8.47. The van der Waals surface area contributed by atoms with E-state index in [9.17, 15) is 53.3 Å². The number of fused-ring (bicyclic) bond motifs is 2. The van der Waals surface area contributed by atoms with Gasteiger partial charge in [0.05, 0.1) is 70.8 Å². The van der Waals surface area contributed by atoms with E-state index in [1.165, 1.54) is 12.1 Å². The van der Waals surface area contributed by atoms with Gasteiger partial charge in [0.25, 0.3) is 11.8 Å². The van der Waals surface area contributed by atoms with Crippen LogP contribution in [0.15, 0.2) is 69.6 Å². The first kappa shape index (κ1) is 58.0. The molecule has 72 heavy (non-hydrogen) atoms. The summed E-state index contributed by atoms with van der Waals surface area (Å²) in [4.78, 5) is 43.4. The maximum absolute atomic E-state index is 12.9. The third-order valence-electron chi connectivity index (χ3n) is 12.0. The highest BCUT2D eigenvalue weighted by Gasteiger charge is 2.44. The van der Waals surface area contributed by atoms with Gasteiger partial charge in [-0.3, -0.25) is 9.59 Å². The van der Waals surface area contributed by atoms with Crippen LogP contribution in [0.4, 0.5) is 5.69 Å². The lowest BCUT2D eigenvalue weighted by Gasteiger charge is -2.30. The maximum atomic E-state index is 12.9. The second-order valence-corrected chi connectivity index (χ2v) is 22.9.